The van der Waals surface area contributed by atoms with Crippen LogP contribution >= 0.6 is 0 Å². The van der Waals surface area contributed by atoms with Gasteiger partial charge >= 0.3 is 0 Å². The summed E-state index contributed by atoms with van der Waals surface area (Å²) < 4.78 is 12.3. The molecule has 0 fully saturated rings. The van der Waals surface area contributed by atoms with Crippen molar-refractivity contribution in [1.29, 1.82) is 0 Å². The van der Waals surface area contributed by atoms with Crippen molar-refractivity contribution in [3.63, 3.8) is 0 Å². The molecule has 0 aliphatic rings. The molecule has 146 valence electrons. The highest BCUT2D eigenvalue weighted by molar-refractivity contribution is 5.79. The van der Waals surface area contributed by atoms with Gasteiger partial charge in [0.25, 0.3) is 5.56 Å². The van der Waals surface area contributed by atoms with Crippen LogP contribution in [0, 0.1) is 0 Å². The summed E-state index contributed by atoms with van der Waals surface area (Å²) in [6.07, 6.45) is 0. The Balaban J connectivity index is 1.51. The van der Waals surface area contributed by atoms with E-state index < -0.39 is 0 Å². The van der Waals surface area contributed by atoms with Crippen molar-refractivity contribution in [1.82, 2.24) is 9.66 Å². The number of ether oxygens (including phenoxy) is 2. The van der Waals surface area contributed by atoms with E-state index in [2.05, 4.69) is 4.98 Å². The fourth-order valence-corrected chi connectivity index (χ4v) is 3.07. The second kappa shape index (κ2) is 8.06. The molecule has 4 aromatic rings. The van der Waals surface area contributed by atoms with Crippen LogP contribution in [-0.2, 0) is 6.61 Å². The van der Waals surface area contributed by atoms with E-state index in [9.17, 15) is 4.79 Å². The molecular formula is C23H21N3O3. The van der Waals surface area contributed by atoms with E-state index in [-0.39, 0.29) is 5.56 Å². The minimum Gasteiger partial charge on any atom is -0.494 e. The highest BCUT2D eigenvalue weighted by Crippen LogP contribution is 2.21. The normalized spacial score (nSPS) is 10.8. The van der Waals surface area contributed by atoms with Gasteiger partial charge in [0.15, 0.2) is 5.82 Å². The Morgan fingerprint density at radius 3 is 2.24 bits per heavy atom. The fourth-order valence-electron chi connectivity index (χ4n) is 3.07. The first kappa shape index (κ1) is 18.6. The third kappa shape index (κ3) is 3.91. The number of hydrogen-bond donors (Lipinski definition) is 1. The van der Waals surface area contributed by atoms with Crippen molar-refractivity contribution < 1.29 is 9.47 Å². The van der Waals surface area contributed by atoms with E-state index >= 15 is 0 Å². The molecule has 0 aliphatic carbocycles. The Labute approximate surface area is 168 Å². The molecule has 6 nitrogen and oxygen atoms in total. The highest BCUT2D eigenvalue weighted by atomic mass is 16.5. The van der Waals surface area contributed by atoms with Crippen LogP contribution in [0.4, 0.5) is 0 Å². The minimum absolute atomic E-state index is 0.270. The van der Waals surface area contributed by atoms with E-state index in [1.807, 2.05) is 61.5 Å². The molecule has 0 aliphatic heterocycles. The molecule has 2 N–H and O–H groups in total. The average Bonchev–Trinajstić information content (AvgIpc) is 2.76. The Kier molecular flexibility index (Phi) is 5.16. The fraction of sp³-hybridized carbons (Fsp3) is 0.130. The summed E-state index contributed by atoms with van der Waals surface area (Å²) in [5.41, 5.74) is 2.11. The number of fused-ring (bicyclic) bond motifs is 1. The number of benzene rings is 3. The van der Waals surface area contributed by atoms with Crippen LogP contribution in [0.5, 0.6) is 11.5 Å². The number of hydrogen-bond acceptors (Lipinski definition) is 5. The van der Waals surface area contributed by atoms with Gasteiger partial charge in [-0.2, -0.15) is 0 Å². The maximum Gasteiger partial charge on any atom is 0.280 e. The molecule has 0 spiro atoms. The number of aromatic nitrogens is 2. The number of para-hydroxylation sites is 1. The Hall–Kier alpha value is -3.80. The predicted molar refractivity (Wildman–Crippen MR) is 114 cm³/mol. The van der Waals surface area contributed by atoms with Gasteiger partial charge in [-0.05, 0) is 48.9 Å². The molecule has 0 bridgehead atoms. The zero-order chi connectivity index (χ0) is 20.2. The van der Waals surface area contributed by atoms with E-state index in [0.717, 1.165) is 27.3 Å². The van der Waals surface area contributed by atoms with Gasteiger partial charge in [0.1, 0.15) is 18.1 Å². The first-order valence-electron chi connectivity index (χ1n) is 9.37. The molecular weight excluding hydrogens is 366 g/mol. The van der Waals surface area contributed by atoms with Crippen molar-refractivity contribution in [3.05, 3.63) is 88.7 Å². The number of nitrogens with two attached hydrogens (primary N) is 1. The van der Waals surface area contributed by atoms with Gasteiger partial charge in [-0.3, -0.25) is 4.79 Å². The van der Waals surface area contributed by atoms with Gasteiger partial charge in [-0.15, -0.1) is 0 Å². The summed E-state index contributed by atoms with van der Waals surface area (Å²) in [7, 11) is 0. The average molecular weight is 387 g/mol. The van der Waals surface area contributed by atoms with Crippen LogP contribution in [0.2, 0.25) is 0 Å². The van der Waals surface area contributed by atoms with Crippen LogP contribution in [0.15, 0.2) is 77.6 Å². The lowest BCUT2D eigenvalue weighted by atomic mass is 10.1. The van der Waals surface area contributed by atoms with Crippen LogP contribution in [-0.4, -0.2) is 16.3 Å². The van der Waals surface area contributed by atoms with Gasteiger partial charge in [0.05, 0.1) is 17.5 Å². The molecule has 1 aromatic heterocycles. The molecule has 6 heteroatoms. The van der Waals surface area contributed by atoms with Gasteiger partial charge in [-0.25, -0.2) is 9.66 Å². The molecule has 3 aromatic carbocycles. The topological polar surface area (TPSA) is 79.4 Å². The molecule has 4 rings (SSSR count). The van der Waals surface area contributed by atoms with Crippen molar-refractivity contribution >= 4 is 10.9 Å². The summed E-state index contributed by atoms with van der Waals surface area (Å²) in [5.74, 6) is 8.01. The summed E-state index contributed by atoms with van der Waals surface area (Å²) in [6.45, 7) is 3.01. The maximum atomic E-state index is 12.5. The molecule has 0 amide bonds. The predicted octanol–water partition coefficient (Wildman–Crippen LogP) is 3.76. The summed E-state index contributed by atoms with van der Waals surface area (Å²) in [6, 6.07) is 22.3. The largest absolute Gasteiger partial charge is 0.494 e. The summed E-state index contributed by atoms with van der Waals surface area (Å²) in [5, 5.41) is 0.499. The lowest BCUT2D eigenvalue weighted by Gasteiger charge is -2.10. The van der Waals surface area contributed by atoms with Gasteiger partial charge in [-0.1, -0.05) is 36.4 Å². The molecule has 29 heavy (non-hydrogen) atoms. The molecule has 0 unspecified atom stereocenters. The standard InChI is InChI=1S/C23H21N3O3/c1-2-28-18-11-13-19(14-12-18)29-15-16-7-9-17(10-8-16)22-25-21-6-4-3-5-20(21)23(27)26(22)24/h3-14H,2,15,24H2,1H3. The minimum atomic E-state index is -0.270. The van der Waals surface area contributed by atoms with Crippen LogP contribution in [0.25, 0.3) is 22.3 Å². The molecule has 0 radical (unpaired) electrons. The van der Waals surface area contributed by atoms with Crippen LogP contribution in [0.1, 0.15) is 12.5 Å². The van der Waals surface area contributed by atoms with E-state index in [0.29, 0.717) is 29.9 Å². The monoisotopic (exact) mass is 387 g/mol. The Morgan fingerprint density at radius 1 is 0.897 bits per heavy atom. The molecule has 0 saturated carbocycles. The Bertz CT molecular complexity index is 1180. The number of nitrogen functional groups attached to an aromatic ring is 1. The van der Waals surface area contributed by atoms with E-state index in [1.165, 1.54) is 0 Å². The molecule has 0 saturated heterocycles. The van der Waals surface area contributed by atoms with E-state index in [4.69, 9.17) is 15.3 Å². The summed E-state index contributed by atoms with van der Waals surface area (Å²) >= 11 is 0. The van der Waals surface area contributed by atoms with Crippen molar-refractivity contribution in [2.24, 2.45) is 0 Å². The Morgan fingerprint density at radius 2 is 1.55 bits per heavy atom. The first-order valence-corrected chi connectivity index (χ1v) is 9.37. The van der Waals surface area contributed by atoms with Crippen LogP contribution < -0.4 is 20.9 Å². The van der Waals surface area contributed by atoms with Gasteiger partial charge < -0.3 is 15.3 Å². The zero-order valence-electron chi connectivity index (χ0n) is 16.0. The molecule has 1 heterocycles. The van der Waals surface area contributed by atoms with Crippen molar-refractivity contribution in [2.75, 3.05) is 12.4 Å². The lowest BCUT2D eigenvalue weighted by molar-refractivity contribution is 0.304. The van der Waals surface area contributed by atoms with Crippen molar-refractivity contribution in [2.45, 2.75) is 13.5 Å². The number of rotatable bonds is 6. The van der Waals surface area contributed by atoms with Gasteiger partial charge in [0, 0.05) is 5.56 Å². The quantitative estimate of drug-likeness (QED) is 0.510. The lowest BCUT2D eigenvalue weighted by Crippen LogP contribution is -2.29. The number of nitrogens with zero attached hydrogens (tertiary/aromatic N) is 2. The van der Waals surface area contributed by atoms with Crippen LogP contribution in [0.3, 0.4) is 0 Å². The smallest absolute Gasteiger partial charge is 0.280 e. The highest BCUT2D eigenvalue weighted by Gasteiger charge is 2.10. The second-order valence-electron chi connectivity index (χ2n) is 6.52. The SMILES string of the molecule is CCOc1ccc(OCc2ccc(-c3nc4ccccc4c(=O)n3N)cc2)cc1. The maximum absolute atomic E-state index is 12.5. The third-order valence-corrected chi connectivity index (χ3v) is 4.56. The van der Waals surface area contributed by atoms with E-state index in [1.54, 1.807) is 18.2 Å². The molecule has 0 atom stereocenters. The summed E-state index contributed by atoms with van der Waals surface area (Å²) in [4.78, 5) is 17.0. The first-order chi connectivity index (χ1) is 14.2. The second-order valence-corrected chi connectivity index (χ2v) is 6.52. The zero-order valence-corrected chi connectivity index (χ0v) is 16.0. The third-order valence-electron chi connectivity index (χ3n) is 4.56. The van der Waals surface area contributed by atoms with Gasteiger partial charge in [0.2, 0.25) is 0 Å². The van der Waals surface area contributed by atoms with Crippen molar-refractivity contribution in [3.8, 4) is 22.9 Å².